The first-order chi connectivity index (χ1) is 13.7. The number of amides is 2. The molecule has 1 unspecified atom stereocenters. The van der Waals surface area contributed by atoms with Crippen molar-refractivity contribution in [3.05, 3.63) is 64.7 Å². The van der Waals surface area contributed by atoms with E-state index in [-0.39, 0.29) is 23.7 Å². The van der Waals surface area contributed by atoms with Gasteiger partial charge in [0.25, 0.3) is 15.7 Å². The molecule has 2 aromatic rings. The molecule has 4 N–H and O–H groups in total. The van der Waals surface area contributed by atoms with Crippen LogP contribution in [-0.2, 0) is 6.54 Å². The van der Waals surface area contributed by atoms with Crippen LogP contribution in [0.3, 0.4) is 0 Å². The Bertz CT molecular complexity index is 961. The molecule has 9 nitrogen and oxygen atoms in total. The summed E-state index contributed by atoms with van der Waals surface area (Å²) in [7, 11) is 1.52. The molecule has 1 aliphatic rings. The van der Waals surface area contributed by atoms with Crippen molar-refractivity contribution < 1.29 is 29.3 Å². The maximum Gasteiger partial charge on any atom is 0.335 e. The second-order valence-electron chi connectivity index (χ2n) is 6.32. The Morgan fingerprint density at radius 3 is 2.48 bits per heavy atom. The molecule has 3 rings (SSSR count). The van der Waals surface area contributed by atoms with Crippen LogP contribution in [0.15, 0.2) is 42.5 Å². The Hall–Kier alpha value is -2.70. The minimum atomic E-state index is -1.83. The number of hydrogen-bond acceptors (Lipinski definition) is 6. The summed E-state index contributed by atoms with van der Waals surface area (Å²) in [5.74, 6) is -1.34. The number of ether oxygens (including phenoxy) is 1. The molecule has 152 valence electrons. The number of nitrogens with zero attached hydrogens (tertiary/aromatic N) is 1. The van der Waals surface area contributed by atoms with Crippen molar-refractivity contribution in [3.63, 3.8) is 0 Å². The molecule has 1 heterocycles. The van der Waals surface area contributed by atoms with Crippen LogP contribution in [0.2, 0.25) is 0 Å². The molecule has 0 spiro atoms. The first kappa shape index (κ1) is 21.0. The molecule has 0 aromatic heterocycles. The maximum atomic E-state index is 12.5. The van der Waals surface area contributed by atoms with E-state index in [0.29, 0.717) is 17.9 Å². The van der Waals surface area contributed by atoms with E-state index in [0.717, 1.165) is 5.56 Å². The second-order valence-corrected chi connectivity index (χ2v) is 7.88. The first-order valence-corrected chi connectivity index (χ1v) is 9.56. The van der Waals surface area contributed by atoms with Gasteiger partial charge in [-0.3, -0.25) is 9.59 Å². The summed E-state index contributed by atoms with van der Waals surface area (Å²) in [5.41, 5.74) is 1.61. The summed E-state index contributed by atoms with van der Waals surface area (Å²) in [6.07, 6.45) is 0. The first-order valence-electron chi connectivity index (χ1n) is 8.48. The lowest BCUT2D eigenvalue weighted by atomic mass is 10.1. The molecule has 0 saturated heterocycles. The van der Waals surface area contributed by atoms with Crippen LogP contribution in [0.5, 0.6) is 5.75 Å². The number of alkyl halides is 1. The average Bonchev–Trinajstić information content (AvgIpc) is 3.01. The monoisotopic (exact) mass is 511 g/mol. The maximum absolute atomic E-state index is 12.5. The molecular formula is C19H18IN3O6. The average molecular weight is 511 g/mol. The summed E-state index contributed by atoms with van der Waals surface area (Å²) in [6.45, 7) is 0.357. The van der Waals surface area contributed by atoms with E-state index in [1.165, 1.54) is 36.3 Å². The Balaban J connectivity index is 1.59. The van der Waals surface area contributed by atoms with Crippen LogP contribution in [0.25, 0.3) is 0 Å². The van der Waals surface area contributed by atoms with Gasteiger partial charge in [-0.1, -0.05) is 6.07 Å². The molecule has 1 aliphatic heterocycles. The molecule has 0 fully saturated rings. The number of benzene rings is 2. The third-order valence-corrected chi connectivity index (χ3v) is 5.02. The number of aromatic carboxylic acids is 1. The van der Waals surface area contributed by atoms with Crippen LogP contribution in [0.1, 0.15) is 36.6 Å². The largest absolute Gasteiger partial charge is 0.497 e. The Labute approximate surface area is 179 Å². The number of carboxylic acid groups (broad SMARTS) is 1. The van der Waals surface area contributed by atoms with E-state index in [1.807, 2.05) is 6.07 Å². The van der Waals surface area contributed by atoms with Crippen LogP contribution in [0.4, 0.5) is 0 Å². The van der Waals surface area contributed by atoms with Gasteiger partial charge < -0.3 is 25.2 Å². The van der Waals surface area contributed by atoms with E-state index in [4.69, 9.17) is 9.84 Å². The minimum absolute atomic E-state index is 0.00645. The van der Waals surface area contributed by atoms with Crippen molar-refractivity contribution in [1.82, 2.24) is 15.5 Å². The lowest BCUT2D eigenvalue weighted by Crippen LogP contribution is -2.56. The predicted molar refractivity (Wildman–Crippen MR) is 111 cm³/mol. The SMILES string of the molecule is COc1ccc2c(c1)C(=O)N(CNC(O)(I)NC(=O)c1ccc(C(=O)O)cc1)C2. The zero-order chi connectivity index (χ0) is 21.2. The lowest BCUT2D eigenvalue weighted by molar-refractivity contribution is 0.0472. The molecular weight excluding hydrogens is 493 g/mol. The van der Waals surface area contributed by atoms with E-state index in [9.17, 15) is 19.5 Å². The number of hydrogen-bond donors (Lipinski definition) is 4. The smallest absolute Gasteiger partial charge is 0.335 e. The number of nitrogens with one attached hydrogen (secondary N) is 2. The van der Waals surface area contributed by atoms with Gasteiger partial charge in [-0.05, 0) is 64.6 Å². The predicted octanol–water partition coefficient (Wildman–Crippen LogP) is 1.36. The zero-order valence-electron chi connectivity index (χ0n) is 15.3. The van der Waals surface area contributed by atoms with Gasteiger partial charge in [0.1, 0.15) is 5.75 Å². The second kappa shape index (κ2) is 8.35. The van der Waals surface area contributed by atoms with Gasteiger partial charge in [0.2, 0.25) is 0 Å². The van der Waals surface area contributed by atoms with Gasteiger partial charge >= 0.3 is 5.97 Å². The quantitative estimate of drug-likeness (QED) is 0.191. The van der Waals surface area contributed by atoms with Crippen molar-refractivity contribution in [2.24, 2.45) is 0 Å². The highest BCUT2D eigenvalue weighted by Crippen LogP contribution is 2.26. The number of rotatable bonds is 7. The van der Waals surface area contributed by atoms with E-state index in [2.05, 4.69) is 10.6 Å². The topological polar surface area (TPSA) is 128 Å². The van der Waals surface area contributed by atoms with Crippen molar-refractivity contribution in [2.45, 2.75) is 10.4 Å². The number of carboxylic acids is 1. The van der Waals surface area contributed by atoms with Crippen molar-refractivity contribution >= 4 is 40.4 Å². The lowest BCUT2D eigenvalue weighted by Gasteiger charge is -2.27. The van der Waals surface area contributed by atoms with E-state index >= 15 is 0 Å². The summed E-state index contributed by atoms with van der Waals surface area (Å²) in [5, 5.41) is 24.4. The Kier molecular flexibility index (Phi) is 6.05. The number of halogens is 1. The number of aliphatic hydroxyl groups is 1. The van der Waals surface area contributed by atoms with Gasteiger partial charge in [-0.25, -0.2) is 10.1 Å². The number of methoxy groups -OCH3 is 1. The highest BCUT2D eigenvalue weighted by molar-refractivity contribution is 14.1. The number of fused-ring (bicyclic) bond motifs is 1. The summed E-state index contributed by atoms with van der Waals surface area (Å²) in [4.78, 5) is 37.2. The number of carbonyl (C=O) groups is 3. The highest BCUT2D eigenvalue weighted by atomic mass is 127. The fourth-order valence-electron chi connectivity index (χ4n) is 2.83. The van der Waals surface area contributed by atoms with Gasteiger partial charge in [0.05, 0.1) is 19.3 Å². The third-order valence-electron chi connectivity index (χ3n) is 4.37. The fraction of sp³-hybridized carbons (Fsp3) is 0.211. The van der Waals surface area contributed by atoms with Gasteiger partial charge in [0.15, 0.2) is 0 Å². The molecule has 10 heteroatoms. The normalized spacial score (nSPS) is 14.9. The Morgan fingerprint density at radius 2 is 1.86 bits per heavy atom. The van der Waals surface area contributed by atoms with Crippen molar-refractivity contribution in [3.8, 4) is 5.75 Å². The molecule has 0 radical (unpaired) electrons. The van der Waals surface area contributed by atoms with Gasteiger partial charge in [-0.15, -0.1) is 0 Å². The Morgan fingerprint density at radius 1 is 1.21 bits per heavy atom. The van der Waals surface area contributed by atoms with Gasteiger partial charge in [-0.2, -0.15) is 0 Å². The molecule has 2 amide bonds. The van der Waals surface area contributed by atoms with Crippen LogP contribution >= 0.6 is 22.6 Å². The highest BCUT2D eigenvalue weighted by Gasteiger charge is 2.31. The molecule has 0 aliphatic carbocycles. The van der Waals surface area contributed by atoms with Crippen LogP contribution < -0.4 is 15.4 Å². The summed E-state index contributed by atoms with van der Waals surface area (Å²) < 4.78 is 3.31. The van der Waals surface area contributed by atoms with E-state index < -0.39 is 15.7 Å². The van der Waals surface area contributed by atoms with Crippen LogP contribution in [0, 0.1) is 0 Å². The standard InChI is InChI=1S/C19H18IN3O6/c1-29-14-7-6-13-9-23(17(25)15(13)8-14)10-21-19(20,28)22-16(24)11-2-4-12(5-3-11)18(26)27/h2-8,21,28H,9-10H2,1H3,(H,22,24)(H,26,27). The molecule has 0 saturated carbocycles. The fourth-order valence-corrected chi connectivity index (χ4v) is 3.24. The van der Waals surface area contributed by atoms with Crippen molar-refractivity contribution in [2.75, 3.05) is 13.8 Å². The summed E-state index contributed by atoms with van der Waals surface area (Å²) in [6, 6.07) is 10.5. The molecule has 1 atom stereocenters. The molecule has 29 heavy (non-hydrogen) atoms. The van der Waals surface area contributed by atoms with Gasteiger partial charge in [0, 0.05) is 17.7 Å². The summed E-state index contributed by atoms with van der Waals surface area (Å²) >= 11 is 1.60. The van der Waals surface area contributed by atoms with Crippen LogP contribution in [-0.4, -0.2) is 50.5 Å². The molecule has 0 bridgehead atoms. The zero-order valence-corrected chi connectivity index (χ0v) is 17.5. The van der Waals surface area contributed by atoms with Crippen molar-refractivity contribution in [1.29, 1.82) is 0 Å². The molecule has 2 aromatic carbocycles. The third kappa shape index (κ3) is 4.83. The van der Waals surface area contributed by atoms with E-state index in [1.54, 1.807) is 34.7 Å². The number of carbonyl (C=O) groups excluding carboxylic acids is 2. The minimum Gasteiger partial charge on any atom is -0.497 e.